The lowest BCUT2D eigenvalue weighted by molar-refractivity contribution is 0.0650. The van der Waals surface area contributed by atoms with Gasteiger partial charge in [0.2, 0.25) is 0 Å². The Morgan fingerprint density at radius 1 is 0.345 bits per heavy atom. The van der Waals surface area contributed by atoms with Gasteiger partial charge in [0.1, 0.15) is 0 Å². The lowest BCUT2D eigenvalue weighted by Gasteiger charge is -2.25. The average Bonchev–Trinajstić information content (AvgIpc) is 3.87. The van der Waals surface area contributed by atoms with Gasteiger partial charge in [0.05, 0.1) is 38.8 Å². The number of nitrogens with zero attached hydrogens (tertiary/aromatic N) is 4. The fraction of sp³-hybridized carbons (Fsp3) is 0.0204. The molecule has 11 aromatic rings. The van der Waals surface area contributed by atoms with Crippen molar-refractivity contribution in [2.24, 2.45) is 0 Å². The highest BCUT2D eigenvalue weighted by Gasteiger charge is 2.31. The predicted octanol–water partition coefficient (Wildman–Crippen LogP) is 11.4. The van der Waals surface area contributed by atoms with Gasteiger partial charge in [-0.2, -0.15) is 0 Å². The molecular weight excluding hydrogens is 677 g/mol. The summed E-state index contributed by atoms with van der Waals surface area (Å²) in [5.74, 6) is -0.566. The minimum absolute atomic E-state index is 0.283. The standard InChI is InChI=1S/C49H30N4O2/c1-50-48(54)36-16-10-15-35-44(26-23-37(47(35)36)49(50)55)53-45-24-21-29(51-40-17-6-2-11-31(40)32-12-3-7-18-41(32)51)27-38(45)39-28-30(22-25-46(39)53)52-42-19-8-4-13-33(42)34-14-5-9-20-43(34)52/h2-28H,1H3. The lowest BCUT2D eigenvalue weighted by atomic mass is 9.93. The van der Waals surface area contributed by atoms with E-state index in [2.05, 4.69) is 147 Å². The molecule has 12 rings (SSSR count). The maximum absolute atomic E-state index is 13.4. The summed E-state index contributed by atoms with van der Waals surface area (Å²) < 4.78 is 7.02. The van der Waals surface area contributed by atoms with Crippen LogP contribution in [-0.2, 0) is 0 Å². The highest BCUT2D eigenvalue weighted by Crippen LogP contribution is 2.42. The fourth-order valence-corrected chi connectivity index (χ4v) is 9.33. The first-order valence-electron chi connectivity index (χ1n) is 18.5. The molecule has 4 heterocycles. The smallest absolute Gasteiger partial charge is 0.261 e. The van der Waals surface area contributed by atoms with E-state index in [-0.39, 0.29) is 11.8 Å². The van der Waals surface area contributed by atoms with E-state index >= 15 is 0 Å². The average molecular weight is 707 g/mol. The molecule has 0 saturated carbocycles. The molecule has 55 heavy (non-hydrogen) atoms. The molecule has 6 heteroatoms. The molecule has 0 radical (unpaired) electrons. The van der Waals surface area contributed by atoms with E-state index < -0.39 is 0 Å². The lowest BCUT2D eigenvalue weighted by Crippen LogP contribution is -2.36. The second kappa shape index (κ2) is 10.8. The van der Waals surface area contributed by atoms with Crippen LogP contribution in [-0.4, -0.2) is 37.5 Å². The Labute approximate surface area is 314 Å². The van der Waals surface area contributed by atoms with Gasteiger partial charge in [0.15, 0.2) is 0 Å². The summed E-state index contributed by atoms with van der Waals surface area (Å²) in [6.07, 6.45) is 0. The minimum atomic E-state index is -0.283. The molecule has 2 amide bonds. The van der Waals surface area contributed by atoms with E-state index in [4.69, 9.17) is 0 Å². The third-order valence-electron chi connectivity index (χ3n) is 11.7. The third-order valence-corrected chi connectivity index (χ3v) is 11.7. The number of hydrogen-bond acceptors (Lipinski definition) is 2. The number of rotatable bonds is 3. The molecule has 0 N–H and O–H groups in total. The minimum Gasteiger partial charge on any atom is -0.309 e. The molecule has 0 bridgehead atoms. The summed E-state index contributed by atoms with van der Waals surface area (Å²) in [7, 11) is 1.55. The summed E-state index contributed by atoms with van der Waals surface area (Å²) >= 11 is 0. The van der Waals surface area contributed by atoms with Crippen LogP contribution in [0.15, 0.2) is 164 Å². The second-order valence-corrected chi connectivity index (χ2v) is 14.5. The zero-order chi connectivity index (χ0) is 36.5. The summed E-state index contributed by atoms with van der Waals surface area (Å²) in [6, 6.07) is 57.5. The Morgan fingerprint density at radius 3 is 1.22 bits per heavy atom. The highest BCUT2D eigenvalue weighted by atomic mass is 16.2. The summed E-state index contributed by atoms with van der Waals surface area (Å²) in [5.41, 5.74) is 10.8. The SMILES string of the molecule is CN1C(=O)c2cccc3c(-n4c5ccc(-n6c7ccccc7c7ccccc76)cc5c5cc(-n6c7ccccc7c7ccccc76)ccc54)ccc(c23)C1=O. The van der Waals surface area contributed by atoms with Gasteiger partial charge in [0, 0.05) is 72.6 Å². The van der Waals surface area contributed by atoms with Crippen LogP contribution >= 0.6 is 0 Å². The number of hydrogen-bond donors (Lipinski definition) is 0. The van der Waals surface area contributed by atoms with Gasteiger partial charge in [-0.25, -0.2) is 0 Å². The summed E-state index contributed by atoms with van der Waals surface area (Å²) in [4.78, 5) is 28.0. The van der Waals surface area contributed by atoms with Crippen LogP contribution < -0.4 is 0 Å². The fourth-order valence-electron chi connectivity index (χ4n) is 9.33. The van der Waals surface area contributed by atoms with Gasteiger partial charge in [-0.1, -0.05) is 84.9 Å². The Hall–Kier alpha value is -7.44. The Balaban J connectivity index is 1.20. The summed E-state index contributed by atoms with van der Waals surface area (Å²) in [5, 5.41) is 8.63. The number of carbonyl (C=O) groups is 2. The van der Waals surface area contributed by atoms with Gasteiger partial charge in [-0.15, -0.1) is 0 Å². The Morgan fingerprint density at radius 2 is 0.745 bits per heavy atom. The zero-order valence-corrected chi connectivity index (χ0v) is 29.7. The van der Waals surface area contributed by atoms with Crippen LogP contribution in [0.1, 0.15) is 20.7 Å². The summed E-state index contributed by atoms with van der Waals surface area (Å²) in [6.45, 7) is 0. The van der Waals surface area contributed by atoms with Crippen LogP contribution in [0.2, 0.25) is 0 Å². The largest absolute Gasteiger partial charge is 0.309 e. The number of benzene rings is 8. The maximum Gasteiger partial charge on any atom is 0.261 e. The molecule has 6 nitrogen and oxygen atoms in total. The molecule has 258 valence electrons. The van der Waals surface area contributed by atoms with E-state index in [1.165, 1.54) is 26.4 Å². The van der Waals surface area contributed by atoms with E-state index in [1.807, 2.05) is 30.3 Å². The maximum atomic E-state index is 13.4. The van der Waals surface area contributed by atoms with Gasteiger partial charge < -0.3 is 13.7 Å². The first-order chi connectivity index (χ1) is 27.1. The number of amides is 2. The van der Waals surface area contributed by atoms with Crippen molar-refractivity contribution in [1.82, 2.24) is 18.6 Å². The van der Waals surface area contributed by atoms with Crippen molar-refractivity contribution < 1.29 is 9.59 Å². The monoisotopic (exact) mass is 706 g/mol. The molecule has 1 aliphatic rings. The predicted molar refractivity (Wildman–Crippen MR) is 223 cm³/mol. The Kier molecular flexibility index (Phi) is 5.91. The van der Waals surface area contributed by atoms with E-state index in [9.17, 15) is 9.59 Å². The van der Waals surface area contributed by atoms with E-state index in [0.29, 0.717) is 16.5 Å². The molecule has 8 aromatic carbocycles. The number of fused-ring (bicyclic) bond motifs is 9. The molecule has 1 aliphatic heterocycles. The van der Waals surface area contributed by atoms with Crippen LogP contribution in [0.3, 0.4) is 0 Å². The van der Waals surface area contributed by atoms with Crippen molar-refractivity contribution >= 4 is 88.0 Å². The van der Waals surface area contributed by atoms with Crippen molar-refractivity contribution in [2.45, 2.75) is 0 Å². The molecule has 3 aromatic heterocycles. The van der Waals surface area contributed by atoms with Gasteiger partial charge in [-0.05, 0) is 78.9 Å². The van der Waals surface area contributed by atoms with Crippen molar-refractivity contribution in [2.75, 3.05) is 7.05 Å². The first kappa shape index (κ1) is 30.1. The molecule has 0 saturated heterocycles. The number of carbonyl (C=O) groups excluding carboxylic acids is 2. The topological polar surface area (TPSA) is 52.2 Å². The molecule has 0 unspecified atom stereocenters. The normalized spacial score (nSPS) is 13.2. The van der Waals surface area contributed by atoms with Crippen LogP contribution in [0.5, 0.6) is 0 Å². The molecule has 0 fully saturated rings. The third kappa shape index (κ3) is 3.92. The molecular formula is C49H30N4O2. The number of imide groups is 1. The van der Waals surface area contributed by atoms with Crippen molar-refractivity contribution in [3.8, 4) is 17.1 Å². The van der Waals surface area contributed by atoms with Crippen LogP contribution in [0.25, 0.3) is 93.3 Å². The van der Waals surface area contributed by atoms with Crippen molar-refractivity contribution in [3.63, 3.8) is 0 Å². The quantitative estimate of drug-likeness (QED) is 0.172. The number of aromatic nitrogens is 3. The highest BCUT2D eigenvalue weighted by molar-refractivity contribution is 6.26. The van der Waals surface area contributed by atoms with E-state index in [1.54, 1.807) is 7.05 Å². The number of para-hydroxylation sites is 4. The van der Waals surface area contributed by atoms with E-state index in [0.717, 1.165) is 66.3 Å². The van der Waals surface area contributed by atoms with Gasteiger partial charge >= 0.3 is 0 Å². The van der Waals surface area contributed by atoms with Gasteiger partial charge in [0.25, 0.3) is 11.8 Å². The van der Waals surface area contributed by atoms with Crippen LogP contribution in [0.4, 0.5) is 0 Å². The van der Waals surface area contributed by atoms with Crippen molar-refractivity contribution in [3.05, 3.63) is 175 Å². The molecule has 0 spiro atoms. The zero-order valence-electron chi connectivity index (χ0n) is 29.7. The van der Waals surface area contributed by atoms with Crippen LogP contribution in [0, 0.1) is 0 Å². The molecule has 0 atom stereocenters. The van der Waals surface area contributed by atoms with Crippen molar-refractivity contribution in [1.29, 1.82) is 0 Å². The molecule has 0 aliphatic carbocycles. The first-order valence-corrected chi connectivity index (χ1v) is 18.5. The Bertz CT molecular complexity index is 3210. The second-order valence-electron chi connectivity index (χ2n) is 14.5. The van der Waals surface area contributed by atoms with Gasteiger partial charge in [-0.3, -0.25) is 14.5 Å².